The molecule has 0 spiro atoms. The number of aryl methyl sites for hydroxylation is 3. The summed E-state index contributed by atoms with van der Waals surface area (Å²) in [6, 6.07) is 7.43. The second-order valence-corrected chi connectivity index (χ2v) is 5.77. The van der Waals surface area contributed by atoms with Gasteiger partial charge in [-0.3, -0.25) is 0 Å². The standard InChI is InChI=1S/C17H29N/c1-6-11-18-17(13(2)3)10-9-16-12-14(4)7-8-15(16)5/h7-8,12-13,17-18H,6,9-11H2,1-5H3. The van der Waals surface area contributed by atoms with Crippen molar-refractivity contribution in [2.45, 2.75) is 59.9 Å². The Hall–Kier alpha value is -0.820. The molecular weight excluding hydrogens is 218 g/mol. The predicted octanol–water partition coefficient (Wildman–Crippen LogP) is 4.26. The molecule has 1 aromatic carbocycles. The number of hydrogen-bond acceptors (Lipinski definition) is 1. The maximum atomic E-state index is 3.67. The highest BCUT2D eigenvalue weighted by molar-refractivity contribution is 5.30. The lowest BCUT2D eigenvalue weighted by Crippen LogP contribution is -2.34. The van der Waals surface area contributed by atoms with E-state index >= 15 is 0 Å². The normalized spacial score (nSPS) is 13.0. The summed E-state index contributed by atoms with van der Waals surface area (Å²) < 4.78 is 0. The van der Waals surface area contributed by atoms with E-state index in [2.05, 4.69) is 58.1 Å². The Morgan fingerprint density at radius 1 is 1.17 bits per heavy atom. The summed E-state index contributed by atoms with van der Waals surface area (Å²) >= 11 is 0. The maximum Gasteiger partial charge on any atom is 0.00932 e. The van der Waals surface area contributed by atoms with Gasteiger partial charge in [0.1, 0.15) is 0 Å². The van der Waals surface area contributed by atoms with E-state index < -0.39 is 0 Å². The first-order valence-electron chi connectivity index (χ1n) is 7.34. The van der Waals surface area contributed by atoms with Crippen LogP contribution in [0.15, 0.2) is 18.2 Å². The molecule has 1 rings (SSSR count). The van der Waals surface area contributed by atoms with E-state index in [9.17, 15) is 0 Å². The zero-order valence-corrected chi connectivity index (χ0v) is 12.7. The Kier molecular flexibility index (Phi) is 6.42. The summed E-state index contributed by atoms with van der Waals surface area (Å²) in [5.74, 6) is 0.710. The molecule has 0 heterocycles. The van der Waals surface area contributed by atoms with Gasteiger partial charge in [0.05, 0.1) is 0 Å². The first-order chi connectivity index (χ1) is 8.54. The molecule has 1 aromatic rings. The summed E-state index contributed by atoms with van der Waals surface area (Å²) in [6.45, 7) is 12.4. The van der Waals surface area contributed by atoms with Gasteiger partial charge in [0.2, 0.25) is 0 Å². The predicted molar refractivity (Wildman–Crippen MR) is 81.2 cm³/mol. The molecule has 1 heteroatoms. The summed E-state index contributed by atoms with van der Waals surface area (Å²) in [5, 5.41) is 3.67. The lowest BCUT2D eigenvalue weighted by atomic mass is 9.94. The molecular formula is C17H29N. The number of benzene rings is 1. The van der Waals surface area contributed by atoms with E-state index in [1.165, 1.54) is 36.0 Å². The van der Waals surface area contributed by atoms with Gasteiger partial charge >= 0.3 is 0 Å². The Morgan fingerprint density at radius 3 is 2.50 bits per heavy atom. The van der Waals surface area contributed by atoms with E-state index in [1.54, 1.807) is 0 Å². The Bertz CT molecular complexity index is 355. The fourth-order valence-corrected chi connectivity index (χ4v) is 2.38. The Morgan fingerprint density at radius 2 is 1.89 bits per heavy atom. The molecule has 1 atom stereocenters. The molecule has 0 aliphatic rings. The van der Waals surface area contributed by atoms with Crippen molar-refractivity contribution in [1.82, 2.24) is 5.32 Å². The van der Waals surface area contributed by atoms with E-state index in [1.807, 2.05) is 0 Å². The Labute approximate surface area is 113 Å². The summed E-state index contributed by atoms with van der Waals surface area (Å²) in [5.41, 5.74) is 4.32. The van der Waals surface area contributed by atoms with Crippen LogP contribution in [0, 0.1) is 19.8 Å². The molecule has 0 aliphatic heterocycles. The molecule has 0 bridgehead atoms. The van der Waals surface area contributed by atoms with Crippen LogP contribution in [-0.2, 0) is 6.42 Å². The second kappa shape index (κ2) is 7.58. The van der Waals surface area contributed by atoms with Crippen molar-refractivity contribution in [3.8, 4) is 0 Å². The van der Waals surface area contributed by atoms with Gasteiger partial charge in [-0.1, -0.05) is 44.5 Å². The smallest absolute Gasteiger partial charge is 0.00932 e. The van der Waals surface area contributed by atoms with Crippen LogP contribution >= 0.6 is 0 Å². The van der Waals surface area contributed by atoms with Crippen molar-refractivity contribution in [1.29, 1.82) is 0 Å². The van der Waals surface area contributed by atoms with Crippen molar-refractivity contribution in [2.24, 2.45) is 5.92 Å². The third-order valence-electron chi connectivity index (χ3n) is 3.69. The molecule has 0 aliphatic carbocycles. The second-order valence-electron chi connectivity index (χ2n) is 5.77. The van der Waals surface area contributed by atoms with Gasteiger partial charge in [-0.05, 0) is 56.7 Å². The highest BCUT2D eigenvalue weighted by atomic mass is 14.9. The molecule has 0 aromatic heterocycles. The van der Waals surface area contributed by atoms with Gasteiger partial charge in [-0.2, -0.15) is 0 Å². The van der Waals surface area contributed by atoms with Crippen LogP contribution in [0.3, 0.4) is 0 Å². The largest absolute Gasteiger partial charge is 0.314 e. The minimum absolute atomic E-state index is 0.643. The molecule has 1 N–H and O–H groups in total. The van der Waals surface area contributed by atoms with Crippen LogP contribution in [-0.4, -0.2) is 12.6 Å². The molecule has 102 valence electrons. The van der Waals surface area contributed by atoms with Gasteiger partial charge in [0.15, 0.2) is 0 Å². The third kappa shape index (κ3) is 4.81. The molecule has 18 heavy (non-hydrogen) atoms. The van der Waals surface area contributed by atoms with Crippen LogP contribution in [0.25, 0.3) is 0 Å². The van der Waals surface area contributed by atoms with Gasteiger partial charge < -0.3 is 5.32 Å². The topological polar surface area (TPSA) is 12.0 Å². The lowest BCUT2D eigenvalue weighted by molar-refractivity contribution is 0.378. The lowest BCUT2D eigenvalue weighted by Gasteiger charge is -2.22. The summed E-state index contributed by atoms with van der Waals surface area (Å²) in [6.07, 6.45) is 3.64. The maximum absolute atomic E-state index is 3.67. The van der Waals surface area contributed by atoms with Crippen molar-refractivity contribution >= 4 is 0 Å². The van der Waals surface area contributed by atoms with E-state index in [0.29, 0.717) is 12.0 Å². The quantitative estimate of drug-likeness (QED) is 0.759. The number of nitrogens with one attached hydrogen (secondary N) is 1. The zero-order valence-electron chi connectivity index (χ0n) is 12.7. The van der Waals surface area contributed by atoms with Gasteiger partial charge in [0, 0.05) is 6.04 Å². The molecule has 0 saturated heterocycles. The molecule has 0 radical (unpaired) electrons. The van der Waals surface area contributed by atoms with Crippen LogP contribution in [0.5, 0.6) is 0 Å². The minimum Gasteiger partial charge on any atom is -0.314 e. The van der Waals surface area contributed by atoms with E-state index in [-0.39, 0.29) is 0 Å². The van der Waals surface area contributed by atoms with Gasteiger partial charge in [-0.15, -0.1) is 0 Å². The molecule has 1 unspecified atom stereocenters. The first kappa shape index (κ1) is 15.2. The molecule has 0 fully saturated rings. The summed E-state index contributed by atoms with van der Waals surface area (Å²) in [4.78, 5) is 0. The average Bonchev–Trinajstić information content (AvgIpc) is 2.33. The van der Waals surface area contributed by atoms with Gasteiger partial charge in [0.25, 0.3) is 0 Å². The van der Waals surface area contributed by atoms with Crippen molar-refractivity contribution in [3.05, 3.63) is 34.9 Å². The SMILES string of the molecule is CCCNC(CCc1cc(C)ccc1C)C(C)C. The molecule has 1 nitrogen and oxygen atoms in total. The monoisotopic (exact) mass is 247 g/mol. The van der Waals surface area contributed by atoms with Crippen LogP contribution in [0.4, 0.5) is 0 Å². The highest BCUT2D eigenvalue weighted by Gasteiger charge is 2.12. The highest BCUT2D eigenvalue weighted by Crippen LogP contribution is 2.16. The van der Waals surface area contributed by atoms with Crippen molar-refractivity contribution in [3.63, 3.8) is 0 Å². The first-order valence-corrected chi connectivity index (χ1v) is 7.34. The van der Waals surface area contributed by atoms with Crippen molar-refractivity contribution < 1.29 is 0 Å². The van der Waals surface area contributed by atoms with Crippen LogP contribution in [0.2, 0.25) is 0 Å². The minimum atomic E-state index is 0.643. The third-order valence-corrected chi connectivity index (χ3v) is 3.69. The molecule has 0 amide bonds. The van der Waals surface area contributed by atoms with Crippen LogP contribution in [0.1, 0.15) is 50.3 Å². The van der Waals surface area contributed by atoms with E-state index in [4.69, 9.17) is 0 Å². The molecule has 0 saturated carbocycles. The average molecular weight is 247 g/mol. The fraction of sp³-hybridized carbons (Fsp3) is 0.647. The van der Waals surface area contributed by atoms with Crippen molar-refractivity contribution in [2.75, 3.05) is 6.54 Å². The van der Waals surface area contributed by atoms with Gasteiger partial charge in [-0.25, -0.2) is 0 Å². The number of hydrogen-bond donors (Lipinski definition) is 1. The van der Waals surface area contributed by atoms with E-state index in [0.717, 1.165) is 6.54 Å². The summed E-state index contributed by atoms with van der Waals surface area (Å²) in [7, 11) is 0. The number of rotatable bonds is 7. The zero-order chi connectivity index (χ0) is 13.5. The Balaban J connectivity index is 2.58. The fourth-order valence-electron chi connectivity index (χ4n) is 2.38. The van der Waals surface area contributed by atoms with Crippen LogP contribution < -0.4 is 5.32 Å².